The van der Waals surface area contributed by atoms with Gasteiger partial charge in [-0.05, 0) is 24.3 Å². The highest BCUT2D eigenvalue weighted by molar-refractivity contribution is 5.92. The van der Waals surface area contributed by atoms with Crippen LogP contribution < -0.4 is 14.8 Å². The number of hydrogen-bond acceptors (Lipinski definition) is 5. The second-order valence-electron chi connectivity index (χ2n) is 5.42. The maximum Gasteiger partial charge on any atom is 0.345 e. The number of nitrogens with zero attached hydrogens (tertiary/aromatic N) is 1. The normalized spacial score (nSPS) is 18.4. The number of carboxylic acid groups (broad SMARTS) is 1. The highest BCUT2D eigenvalue weighted by Gasteiger charge is 2.36. The number of carbonyl (C=O) groups excluding carboxylic acids is 1. The first-order chi connectivity index (χ1) is 11.5. The van der Waals surface area contributed by atoms with Crippen LogP contribution in [-0.2, 0) is 4.79 Å². The van der Waals surface area contributed by atoms with E-state index >= 15 is 0 Å². The van der Waals surface area contributed by atoms with Gasteiger partial charge in [0.1, 0.15) is 22.9 Å². The first-order valence-electron chi connectivity index (χ1n) is 7.39. The summed E-state index contributed by atoms with van der Waals surface area (Å²) in [6, 6.07) is 8.30. The fourth-order valence-corrected chi connectivity index (χ4v) is 2.58. The topological polar surface area (TPSA) is 97.8 Å². The molecule has 0 radical (unpaired) electrons. The van der Waals surface area contributed by atoms with Crippen LogP contribution in [0, 0.1) is 0 Å². The van der Waals surface area contributed by atoms with Crippen molar-refractivity contribution in [3.63, 3.8) is 0 Å². The van der Waals surface area contributed by atoms with E-state index in [0.29, 0.717) is 17.2 Å². The van der Waals surface area contributed by atoms with Gasteiger partial charge < -0.3 is 19.9 Å². The minimum Gasteiger partial charge on any atom is -0.478 e. The molecule has 2 heterocycles. The number of amides is 1. The third-order valence-corrected chi connectivity index (χ3v) is 3.85. The Morgan fingerprint density at radius 2 is 2.00 bits per heavy atom. The molecule has 1 aliphatic rings. The van der Waals surface area contributed by atoms with E-state index in [1.165, 1.54) is 19.3 Å². The minimum atomic E-state index is -0.995. The van der Waals surface area contributed by atoms with Crippen molar-refractivity contribution in [1.82, 2.24) is 10.3 Å². The summed E-state index contributed by atoms with van der Waals surface area (Å²) < 4.78 is 11.2. The largest absolute Gasteiger partial charge is 0.478 e. The molecule has 0 saturated heterocycles. The predicted octanol–water partition coefficient (Wildman–Crippen LogP) is 2.18. The van der Waals surface area contributed by atoms with E-state index in [-0.39, 0.29) is 17.5 Å². The van der Waals surface area contributed by atoms with Gasteiger partial charge in [0.2, 0.25) is 6.10 Å². The van der Waals surface area contributed by atoms with Crippen molar-refractivity contribution in [2.24, 2.45) is 0 Å². The van der Waals surface area contributed by atoms with Gasteiger partial charge in [0.15, 0.2) is 0 Å². The Morgan fingerprint density at radius 1 is 1.25 bits per heavy atom. The van der Waals surface area contributed by atoms with Crippen molar-refractivity contribution in [1.29, 1.82) is 0 Å². The molecule has 0 saturated carbocycles. The van der Waals surface area contributed by atoms with Crippen molar-refractivity contribution in [2.75, 3.05) is 7.05 Å². The molecule has 0 aliphatic carbocycles. The lowest BCUT2D eigenvalue weighted by molar-refractivity contribution is -0.144. The predicted molar refractivity (Wildman–Crippen MR) is 84.6 cm³/mol. The van der Waals surface area contributed by atoms with Gasteiger partial charge in [-0.2, -0.15) is 0 Å². The summed E-state index contributed by atoms with van der Waals surface area (Å²) in [4.78, 5) is 26.8. The van der Waals surface area contributed by atoms with Crippen LogP contribution >= 0.6 is 0 Å². The molecule has 2 unspecified atom stereocenters. The molecule has 124 valence electrons. The number of carbonyl (C=O) groups is 2. The molecule has 0 spiro atoms. The average Bonchev–Trinajstić information content (AvgIpc) is 2.91. The van der Waals surface area contributed by atoms with Gasteiger partial charge in [0.25, 0.3) is 5.91 Å². The van der Waals surface area contributed by atoms with Crippen LogP contribution in [-0.4, -0.2) is 35.1 Å². The summed E-state index contributed by atoms with van der Waals surface area (Å²) in [7, 11) is 1.53. The molecule has 7 nitrogen and oxygen atoms in total. The first-order valence-corrected chi connectivity index (χ1v) is 7.39. The third-order valence-electron chi connectivity index (χ3n) is 3.85. The van der Waals surface area contributed by atoms with Crippen LogP contribution in [0.5, 0.6) is 17.2 Å². The smallest absolute Gasteiger partial charge is 0.345 e. The lowest BCUT2D eigenvalue weighted by Gasteiger charge is -2.09. The number of fused-ring (bicyclic) bond motifs is 1. The number of nitrogens with one attached hydrogen (secondary N) is 1. The van der Waals surface area contributed by atoms with Crippen molar-refractivity contribution in [3.8, 4) is 17.2 Å². The van der Waals surface area contributed by atoms with E-state index in [2.05, 4.69) is 10.3 Å². The Kier molecular flexibility index (Phi) is 4.07. The molecule has 2 N–H and O–H groups in total. The summed E-state index contributed by atoms with van der Waals surface area (Å²) in [5.74, 6) is -0.0385. The van der Waals surface area contributed by atoms with Gasteiger partial charge in [0, 0.05) is 30.8 Å². The van der Waals surface area contributed by atoms with Crippen molar-refractivity contribution < 1.29 is 24.2 Å². The van der Waals surface area contributed by atoms with Crippen molar-refractivity contribution >= 4 is 11.9 Å². The maximum absolute atomic E-state index is 11.6. The number of aromatic nitrogens is 1. The molecule has 1 aromatic carbocycles. The second-order valence-corrected chi connectivity index (χ2v) is 5.42. The quantitative estimate of drug-likeness (QED) is 0.893. The van der Waals surface area contributed by atoms with E-state index in [1.54, 1.807) is 31.2 Å². The standard InChI is InChI=1S/C17H16N2O5/c1-9-12-7-10(3-4-14(12)24-15(9)17(21)22)23-11-5-6-19-13(8-11)16(20)18-2/h3-9,15H,1-2H3,(H,18,20)(H,21,22). The molecule has 2 atom stereocenters. The molecule has 1 aromatic heterocycles. The van der Waals surface area contributed by atoms with Crippen LogP contribution in [0.3, 0.4) is 0 Å². The fraction of sp³-hybridized carbons (Fsp3) is 0.235. The van der Waals surface area contributed by atoms with E-state index < -0.39 is 12.1 Å². The summed E-state index contributed by atoms with van der Waals surface area (Å²) in [6.07, 6.45) is 0.593. The van der Waals surface area contributed by atoms with Crippen molar-refractivity contribution in [3.05, 3.63) is 47.8 Å². The lowest BCUT2D eigenvalue weighted by Crippen LogP contribution is -2.27. The minimum absolute atomic E-state index is 0.249. The molecular weight excluding hydrogens is 312 g/mol. The van der Waals surface area contributed by atoms with Gasteiger partial charge in [-0.1, -0.05) is 6.92 Å². The van der Waals surface area contributed by atoms with Crippen LogP contribution in [0.4, 0.5) is 0 Å². The number of carboxylic acids is 1. The lowest BCUT2D eigenvalue weighted by atomic mass is 9.97. The number of benzene rings is 1. The molecular formula is C17H16N2O5. The summed E-state index contributed by atoms with van der Waals surface area (Å²) in [6.45, 7) is 1.80. The summed E-state index contributed by atoms with van der Waals surface area (Å²) >= 11 is 0. The van der Waals surface area contributed by atoms with Gasteiger partial charge >= 0.3 is 5.97 Å². The van der Waals surface area contributed by atoms with Gasteiger partial charge in [-0.3, -0.25) is 9.78 Å². The number of rotatable bonds is 4. The zero-order valence-corrected chi connectivity index (χ0v) is 13.1. The average molecular weight is 328 g/mol. The number of ether oxygens (including phenoxy) is 2. The van der Waals surface area contributed by atoms with E-state index in [1.807, 2.05) is 0 Å². The van der Waals surface area contributed by atoms with Crippen LogP contribution in [0.15, 0.2) is 36.5 Å². The molecule has 7 heteroatoms. The number of aliphatic carboxylic acids is 1. The Bertz CT molecular complexity index is 805. The van der Waals surface area contributed by atoms with Crippen LogP contribution in [0.2, 0.25) is 0 Å². The van der Waals surface area contributed by atoms with Gasteiger partial charge in [-0.15, -0.1) is 0 Å². The molecule has 0 fully saturated rings. The number of hydrogen-bond donors (Lipinski definition) is 2. The Hall–Kier alpha value is -3.09. The first kappa shape index (κ1) is 15.8. The second kappa shape index (κ2) is 6.19. The maximum atomic E-state index is 11.6. The molecule has 0 bridgehead atoms. The Morgan fingerprint density at radius 3 is 2.71 bits per heavy atom. The van der Waals surface area contributed by atoms with Gasteiger partial charge in [-0.25, -0.2) is 4.79 Å². The van der Waals surface area contributed by atoms with Gasteiger partial charge in [0.05, 0.1) is 0 Å². The highest BCUT2D eigenvalue weighted by atomic mass is 16.5. The number of pyridine rings is 1. The highest BCUT2D eigenvalue weighted by Crippen LogP contribution is 2.40. The summed E-state index contributed by atoms with van der Waals surface area (Å²) in [5, 5.41) is 11.7. The Balaban J connectivity index is 1.84. The fourth-order valence-electron chi connectivity index (χ4n) is 2.58. The monoisotopic (exact) mass is 328 g/mol. The van der Waals surface area contributed by atoms with E-state index in [0.717, 1.165) is 5.56 Å². The SMILES string of the molecule is CNC(=O)c1cc(Oc2ccc3c(c2)C(C)C(C(=O)O)O3)ccn1. The van der Waals surface area contributed by atoms with E-state index in [9.17, 15) is 9.59 Å². The Labute approximate surface area is 138 Å². The van der Waals surface area contributed by atoms with Crippen molar-refractivity contribution in [2.45, 2.75) is 18.9 Å². The third kappa shape index (κ3) is 2.88. The zero-order chi connectivity index (χ0) is 17.3. The van der Waals surface area contributed by atoms with Crippen LogP contribution in [0.25, 0.3) is 0 Å². The van der Waals surface area contributed by atoms with Crippen LogP contribution in [0.1, 0.15) is 28.9 Å². The molecule has 1 amide bonds. The van der Waals surface area contributed by atoms with E-state index in [4.69, 9.17) is 14.6 Å². The zero-order valence-electron chi connectivity index (χ0n) is 13.1. The molecule has 1 aliphatic heterocycles. The molecule has 24 heavy (non-hydrogen) atoms. The molecule has 2 aromatic rings. The molecule has 3 rings (SSSR count). The summed E-state index contributed by atoms with van der Waals surface area (Å²) in [5.41, 5.74) is 1.03.